The molecule has 37 heavy (non-hydrogen) atoms. The van der Waals surface area contributed by atoms with E-state index in [-0.39, 0.29) is 29.7 Å². The highest BCUT2D eigenvalue weighted by Gasteiger charge is 2.42. The summed E-state index contributed by atoms with van der Waals surface area (Å²) in [7, 11) is 0. The number of nitrogens with two attached hydrogens (primary N) is 1. The fraction of sp³-hybridized carbons (Fsp3) is 0.517. The first kappa shape index (κ1) is 25.2. The first-order valence-corrected chi connectivity index (χ1v) is 13.6. The van der Waals surface area contributed by atoms with Crippen LogP contribution >= 0.6 is 0 Å². The predicted octanol–water partition coefficient (Wildman–Crippen LogP) is 4.22. The van der Waals surface area contributed by atoms with Gasteiger partial charge in [-0.15, -0.1) is 0 Å². The molecule has 0 radical (unpaired) electrons. The van der Waals surface area contributed by atoms with Crippen molar-refractivity contribution in [2.75, 3.05) is 10.2 Å². The van der Waals surface area contributed by atoms with Crippen molar-refractivity contribution in [3.8, 4) is 0 Å². The van der Waals surface area contributed by atoms with E-state index in [0.29, 0.717) is 34.5 Å². The van der Waals surface area contributed by atoms with Gasteiger partial charge < -0.3 is 21.3 Å². The molecule has 8 heteroatoms. The standard InChI is InChI=1S/C29H37N5O3/c1-4-17(3)32-25-14-23(16(2)11-24(25)28(30)36)29(37)33-20-12-21-8-9-22(13-20)34(21)26-10-7-19(15-31-26)27(35)18-5-6-18/h7,10-11,14-15,17-18,20-22,32H,4-6,8-9,12-13H2,1-3H3,(H2,30,36)(H,33,37)/t17-,20-,21+,22-/m0/s1. The number of Topliss-reactive ketones (excluding diaryl/α,β-unsaturated/α-hetero) is 1. The molecule has 0 spiro atoms. The Morgan fingerprint density at radius 3 is 2.35 bits per heavy atom. The number of carbonyl (C=O) groups excluding carboxylic acids is 3. The molecule has 196 valence electrons. The van der Waals surface area contributed by atoms with Crippen LogP contribution in [0.25, 0.3) is 0 Å². The van der Waals surface area contributed by atoms with E-state index in [9.17, 15) is 14.4 Å². The molecule has 5 rings (SSSR count). The molecule has 2 aliphatic heterocycles. The summed E-state index contributed by atoms with van der Waals surface area (Å²) in [5.41, 5.74) is 8.60. The maximum atomic E-state index is 13.4. The molecule has 3 heterocycles. The third kappa shape index (κ3) is 5.20. The second-order valence-corrected chi connectivity index (χ2v) is 11.0. The summed E-state index contributed by atoms with van der Waals surface area (Å²) in [5, 5.41) is 6.58. The van der Waals surface area contributed by atoms with Crippen LogP contribution in [0.4, 0.5) is 11.5 Å². The molecule has 2 amide bonds. The number of nitrogens with one attached hydrogen (secondary N) is 2. The molecule has 3 fully saturated rings. The quantitative estimate of drug-likeness (QED) is 0.441. The Hall–Kier alpha value is -3.42. The third-order valence-corrected chi connectivity index (χ3v) is 8.20. The zero-order valence-corrected chi connectivity index (χ0v) is 21.9. The molecule has 2 bridgehead atoms. The number of nitrogens with zero attached hydrogens (tertiary/aromatic N) is 2. The summed E-state index contributed by atoms with van der Waals surface area (Å²) in [4.78, 5) is 44.7. The Labute approximate surface area is 218 Å². The zero-order chi connectivity index (χ0) is 26.3. The van der Waals surface area contributed by atoms with Crippen molar-refractivity contribution < 1.29 is 14.4 Å². The van der Waals surface area contributed by atoms with E-state index >= 15 is 0 Å². The van der Waals surface area contributed by atoms with E-state index < -0.39 is 5.91 Å². The SMILES string of the molecule is CC[C@H](C)Nc1cc(C(=O)N[C@H]2C[C@H]3CC[C@@H](C2)N3c2ccc(C(=O)C3CC3)cn2)c(C)cc1C(N)=O. The van der Waals surface area contributed by atoms with Crippen LogP contribution in [0, 0.1) is 12.8 Å². The van der Waals surface area contributed by atoms with Gasteiger partial charge in [-0.1, -0.05) is 6.92 Å². The first-order chi connectivity index (χ1) is 17.7. The van der Waals surface area contributed by atoms with E-state index in [1.807, 2.05) is 26.0 Å². The fourth-order valence-corrected chi connectivity index (χ4v) is 5.84. The number of carbonyl (C=O) groups is 3. The first-order valence-electron chi connectivity index (χ1n) is 13.6. The number of rotatable bonds is 9. The Bertz CT molecular complexity index is 1190. The summed E-state index contributed by atoms with van der Waals surface area (Å²) >= 11 is 0. The van der Waals surface area contributed by atoms with Crippen LogP contribution in [0.2, 0.25) is 0 Å². The molecule has 2 saturated heterocycles. The van der Waals surface area contributed by atoms with Gasteiger partial charge in [0.05, 0.1) is 5.56 Å². The normalized spacial score (nSPS) is 23.4. The Morgan fingerprint density at radius 2 is 1.78 bits per heavy atom. The number of aromatic nitrogens is 1. The van der Waals surface area contributed by atoms with Crippen LogP contribution in [0.5, 0.6) is 0 Å². The molecular formula is C29H37N5O3. The highest BCUT2D eigenvalue weighted by molar-refractivity contribution is 6.03. The Morgan fingerprint density at radius 1 is 1.08 bits per heavy atom. The van der Waals surface area contributed by atoms with E-state index in [1.54, 1.807) is 18.3 Å². The molecule has 3 aliphatic rings. The molecule has 1 aliphatic carbocycles. The smallest absolute Gasteiger partial charge is 0.251 e. The zero-order valence-electron chi connectivity index (χ0n) is 21.9. The van der Waals surface area contributed by atoms with Crippen molar-refractivity contribution in [3.05, 3.63) is 52.7 Å². The molecule has 1 aromatic heterocycles. The van der Waals surface area contributed by atoms with Crippen LogP contribution in [0.15, 0.2) is 30.5 Å². The highest BCUT2D eigenvalue weighted by atomic mass is 16.2. The molecular weight excluding hydrogens is 466 g/mol. The maximum Gasteiger partial charge on any atom is 0.251 e. The van der Waals surface area contributed by atoms with Crippen molar-refractivity contribution in [2.24, 2.45) is 11.7 Å². The minimum absolute atomic E-state index is 0.0677. The number of amides is 2. The number of hydrogen-bond donors (Lipinski definition) is 3. The van der Waals surface area contributed by atoms with Gasteiger partial charge in [-0.3, -0.25) is 14.4 Å². The summed E-state index contributed by atoms with van der Waals surface area (Å²) in [6.45, 7) is 5.92. The number of anilines is 2. The van der Waals surface area contributed by atoms with Crippen LogP contribution in [-0.2, 0) is 0 Å². The molecule has 1 aromatic carbocycles. The predicted molar refractivity (Wildman–Crippen MR) is 144 cm³/mol. The van der Waals surface area contributed by atoms with Crippen LogP contribution in [-0.4, -0.2) is 46.7 Å². The minimum atomic E-state index is -0.511. The van der Waals surface area contributed by atoms with E-state index in [4.69, 9.17) is 5.73 Å². The van der Waals surface area contributed by atoms with Gasteiger partial charge in [-0.05, 0) is 88.6 Å². The van der Waals surface area contributed by atoms with Crippen molar-refractivity contribution in [1.29, 1.82) is 0 Å². The lowest BCUT2D eigenvalue weighted by Crippen LogP contribution is -2.50. The molecule has 8 nitrogen and oxygen atoms in total. The monoisotopic (exact) mass is 503 g/mol. The van der Waals surface area contributed by atoms with E-state index in [0.717, 1.165) is 56.3 Å². The van der Waals surface area contributed by atoms with Gasteiger partial charge >= 0.3 is 0 Å². The molecule has 2 aromatic rings. The number of hydrogen-bond acceptors (Lipinski definition) is 6. The van der Waals surface area contributed by atoms with Gasteiger partial charge in [0.15, 0.2) is 5.78 Å². The van der Waals surface area contributed by atoms with Crippen molar-refractivity contribution in [2.45, 2.75) is 89.9 Å². The second kappa shape index (κ2) is 10.1. The lowest BCUT2D eigenvalue weighted by molar-refractivity contribution is 0.0923. The molecule has 4 atom stereocenters. The Kier molecular flexibility index (Phi) is 6.92. The maximum absolute atomic E-state index is 13.4. The largest absolute Gasteiger partial charge is 0.382 e. The molecule has 0 unspecified atom stereocenters. The van der Waals surface area contributed by atoms with Crippen LogP contribution < -0.4 is 21.3 Å². The van der Waals surface area contributed by atoms with Crippen molar-refractivity contribution in [3.63, 3.8) is 0 Å². The number of ketones is 1. The van der Waals surface area contributed by atoms with Gasteiger partial charge in [0.2, 0.25) is 0 Å². The number of pyridine rings is 1. The fourth-order valence-electron chi connectivity index (χ4n) is 5.84. The second-order valence-electron chi connectivity index (χ2n) is 11.0. The number of piperidine rings is 1. The topological polar surface area (TPSA) is 117 Å². The van der Waals surface area contributed by atoms with Gasteiger partial charge in [0, 0.05) is 53.1 Å². The minimum Gasteiger partial charge on any atom is -0.382 e. The summed E-state index contributed by atoms with van der Waals surface area (Å²) in [6, 6.07) is 8.19. The molecule has 4 N–H and O–H groups in total. The summed E-state index contributed by atoms with van der Waals surface area (Å²) < 4.78 is 0. The van der Waals surface area contributed by atoms with Crippen molar-refractivity contribution in [1.82, 2.24) is 10.3 Å². The van der Waals surface area contributed by atoms with E-state index in [2.05, 4.69) is 27.4 Å². The molecule has 1 saturated carbocycles. The summed E-state index contributed by atoms with van der Waals surface area (Å²) in [5.74, 6) is 0.692. The average molecular weight is 504 g/mol. The third-order valence-electron chi connectivity index (χ3n) is 8.20. The number of primary amides is 1. The lowest BCUT2D eigenvalue weighted by atomic mass is 9.95. The number of fused-ring (bicyclic) bond motifs is 2. The average Bonchev–Trinajstić information content (AvgIpc) is 3.69. The van der Waals surface area contributed by atoms with E-state index in [1.165, 1.54) is 0 Å². The van der Waals surface area contributed by atoms with Crippen molar-refractivity contribution >= 4 is 29.1 Å². The Balaban J connectivity index is 1.27. The number of aryl methyl sites for hydroxylation is 1. The van der Waals surface area contributed by atoms with Crippen LogP contribution in [0.3, 0.4) is 0 Å². The van der Waals surface area contributed by atoms with Gasteiger partial charge in [0.1, 0.15) is 5.82 Å². The van der Waals surface area contributed by atoms with Gasteiger partial charge in [-0.25, -0.2) is 4.98 Å². The highest BCUT2D eigenvalue weighted by Crippen LogP contribution is 2.39. The summed E-state index contributed by atoms with van der Waals surface area (Å²) in [6.07, 6.45) is 8.43. The van der Waals surface area contributed by atoms with Gasteiger partial charge in [-0.2, -0.15) is 0 Å². The lowest BCUT2D eigenvalue weighted by Gasteiger charge is -2.40. The number of benzene rings is 1. The van der Waals surface area contributed by atoms with Gasteiger partial charge in [0.25, 0.3) is 11.8 Å². The van der Waals surface area contributed by atoms with Crippen LogP contribution in [0.1, 0.15) is 95.4 Å².